The van der Waals surface area contributed by atoms with Gasteiger partial charge in [0.25, 0.3) is 0 Å². The van der Waals surface area contributed by atoms with Gasteiger partial charge < -0.3 is 9.64 Å². The number of ether oxygens (including phenoxy) is 1. The molecule has 0 aromatic heterocycles. The Morgan fingerprint density at radius 2 is 2.00 bits per heavy atom. The molecule has 1 aromatic carbocycles. The minimum atomic E-state index is 0.237. The summed E-state index contributed by atoms with van der Waals surface area (Å²) < 4.78 is 5.32. The minimum absolute atomic E-state index is 0.237. The number of aryl methyl sites for hydroxylation is 1. The topological polar surface area (TPSA) is 29.5 Å². The van der Waals surface area contributed by atoms with Gasteiger partial charge in [0.1, 0.15) is 0 Å². The number of nitrogens with zero attached hydrogens (tertiary/aromatic N) is 1. The van der Waals surface area contributed by atoms with Gasteiger partial charge >= 0.3 is 0 Å². The van der Waals surface area contributed by atoms with Gasteiger partial charge in [0, 0.05) is 26.1 Å². The third kappa shape index (κ3) is 3.07. The van der Waals surface area contributed by atoms with Crippen molar-refractivity contribution in [3.63, 3.8) is 0 Å². The van der Waals surface area contributed by atoms with Crippen molar-refractivity contribution in [2.24, 2.45) is 0 Å². The summed E-state index contributed by atoms with van der Waals surface area (Å²) >= 11 is 0. The Balaban J connectivity index is 2.05. The highest BCUT2D eigenvalue weighted by molar-refractivity contribution is 5.77. The number of fused-ring (bicyclic) bond motifs is 1. The van der Waals surface area contributed by atoms with Crippen LogP contribution in [0.15, 0.2) is 24.3 Å². The fourth-order valence-corrected chi connectivity index (χ4v) is 2.17. The maximum absolute atomic E-state index is 11.9. The molecule has 1 amide bonds. The molecule has 0 unspecified atom stereocenters. The second-order valence-electron chi connectivity index (χ2n) is 4.28. The Hall–Kier alpha value is -1.35. The molecule has 92 valence electrons. The average Bonchev–Trinajstić information content (AvgIpc) is 2.51. The van der Waals surface area contributed by atoms with E-state index in [0.29, 0.717) is 26.2 Å². The lowest BCUT2D eigenvalue weighted by Crippen LogP contribution is -2.32. The summed E-state index contributed by atoms with van der Waals surface area (Å²) in [6, 6.07) is 8.31. The summed E-state index contributed by atoms with van der Waals surface area (Å²) in [5, 5.41) is 0. The first kappa shape index (κ1) is 12.1. The summed E-state index contributed by atoms with van der Waals surface area (Å²) in [7, 11) is 0. The molecule has 3 nitrogen and oxygen atoms in total. The summed E-state index contributed by atoms with van der Waals surface area (Å²) in [6.45, 7) is 4.73. The molecule has 0 atom stereocenters. The van der Waals surface area contributed by atoms with Gasteiger partial charge in [0.15, 0.2) is 0 Å². The lowest BCUT2D eigenvalue weighted by Gasteiger charge is -2.20. The molecule has 0 radical (unpaired) electrons. The van der Waals surface area contributed by atoms with Gasteiger partial charge in [-0.15, -0.1) is 0 Å². The molecule has 1 aromatic rings. The number of hydrogen-bond donors (Lipinski definition) is 0. The maximum atomic E-state index is 11.9. The zero-order valence-corrected chi connectivity index (χ0v) is 10.3. The zero-order valence-electron chi connectivity index (χ0n) is 10.3. The first-order valence-electron chi connectivity index (χ1n) is 6.23. The molecule has 0 N–H and O–H groups in total. The van der Waals surface area contributed by atoms with E-state index in [-0.39, 0.29) is 5.91 Å². The number of rotatable bonds is 4. The van der Waals surface area contributed by atoms with E-state index in [1.165, 1.54) is 11.1 Å². The largest absolute Gasteiger partial charge is 0.380 e. The fraction of sp³-hybridized carbons (Fsp3) is 0.500. The molecule has 3 heteroatoms. The molecule has 0 saturated heterocycles. The monoisotopic (exact) mass is 233 g/mol. The van der Waals surface area contributed by atoms with Crippen LogP contribution in [-0.2, 0) is 22.5 Å². The Bertz CT molecular complexity index is 390. The number of carbonyl (C=O) groups is 1. The molecule has 1 heterocycles. The summed E-state index contributed by atoms with van der Waals surface area (Å²) in [4.78, 5) is 13.9. The van der Waals surface area contributed by atoms with Crippen molar-refractivity contribution in [2.75, 3.05) is 19.8 Å². The lowest BCUT2D eigenvalue weighted by molar-refractivity contribution is -0.132. The van der Waals surface area contributed by atoms with Crippen LogP contribution in [0, 0.1) is 0 Å². The Morgan fingerprint density at radius 1 is 1.24 bits per heavy atom. The van der Waals surface area contributed by atoms with Gasteiger partial charge in [0.2, 0.25) is 5.91 Å². The van der Waals surface area contributed by atoms with E-state index in [4.69, 9.17) is 4.74 Å². The molecular weight excluding hydrogens is 214 g/mol. The first-order chi connectivity index (χ1) is 8.31. The molecule has 0 spiro atoms. The van der Waals surface area contributed by atoms with Gasteiger partial charge in [-0.05, 0) is 24.5 Å². The van der Waals surface area contributed by atoms with Gasteiger partial charge in [-0.25, -0.2) is 0 Å². The first-order valence-corrected chi connectivity index (χ1v) is 6.23. The van der Waals surface area contributed by atoms with E-state index >= 15 is 0 Å². The van der Waals surface area contributed by atoms with E-state index in [0.717, 1.165) is 13.0 Å². The van der Waals surface area contributed by atoms with Crippen LogP contribution >= 0.6 is 0 Å². The second-order valence-corrected chi connectivity index (χ2v) is 4.28. The summed E-state index contributed by atoms with van der Waals surface area (Å²) in [5.41, 5.74) is 2.58. The predicted octanol–water partition coefficient (Wildman–Crippen LogP) is 2.00. The van der Waals surface area contributed by atoms with Gasteiger partial charge in [-0.1, -0.05) is 24.3 Å². The SMILES string of the molecule is CCOCCN1Cc2ccccc2CCC1=O. The van der Waals surface area contributed by atoms with E-state index < -0.39 is 0 Å². The molecule has 0 bridgehead atoms. The van der Waals surface area contributed by atoms with Gasteiger partial charge in [-0.2, -0.15) is 0 Å². The highest BCUT2D eigenvalue weighted by Crippen LogP contribution is 2.18. The number of hydrogen-bond acceptors (Lipinski definition) is 2. The van der Waals surface area contributed by atoms with Crippen LogP contribution in [-0.4, -0.2) is 30.6 Å². The van der Waals surface area contributed by atoms with Crippen molar-refractivity contribution in [3.05, 3.63) is 35.4 Å². The van der Waals surface area contributed by atoms with Crippen molar-refractivity contribution in [2.45, 2.75) is 26.3 Å². The van der Waals surface area contributed by atoms with Gasteiger partial charge in [0.05, 0.1) is 6.61 Å². The Kier molecular flexibility index (Phi) is 4.15. The van der Waals surface area contributed by atoms with Crippen LogP contribution in [0.2, 0.25) is 0 Å². The third-order valence-electron chi connectivity index (χ3n) is 3.15. The number of amides is 1. The summed E-state index contributed by atoms with van der Waals surface area (Å²) in [6.07, 6.45) is 1.48. The molecule has 1 aliphatic heterocycles. The molecule has 0 aliphatic carbocycles. The predicted molar refractivity (Wildman–Crippen MR) is 66.7 cm³/mol. The van der Waals surface area contributed by atoms with E-state index in [2.05, 4.69) is 12.1 Å². The van der Waals surface area contributed by atoms with Crippen molar-refractivity contribution in [3.8, 4) is 0 Å². The normalized spacial score (nSPS) is 15.6. The maximum Gasteiger partial charge on any atom is 0.223 e. The lowest BCUT2D eigenvalue weighted by atomic mass is 10.0. The molecular formula is C14H19NO2. The van der Waals surface area contributed by atoms with E-state index in [1.54, 1.807) is 0 Å². The van der Waals surface area contributed by atoms with Crippen LogP contribution in [0.5, 0.6) is 0 Å². The third-order valence-corrected chi connectivity index (χ3v) is 3.15. The van der Waals surface area contributed by atoms with Gasteiger partial charge in [-0.3, -0.25) is 4.79 Å². The summed E-state index contributed by atoms with van der Waals surface area (Å²) in [5.74, 6) is 0.237. The highest BCUT2D eigenvalue weighted by atomic mass is 16.5. The number of carbonyl (C=O) groups excluding carboxylic acids is 1. The van der Waals surface area contributed by atoms with Crippen molar-refractivity contribution in [1.82, 2.24) is 4.90 Å². The van der Waals surface area contributed by atoms with Crippen LogP contribution in [0.3, 0.4) is 0 Å². The fourth-order valence-electron chi connectivity index (χ4n) is 2.17. The van der Waals surface area contributed by atoms with Crippen molar-refractivity contribution >= 4 is 5.91 Å². The zero-order chi connectivity index (χ0) is 12.1. The Morgan fingerprint density at radius 3 is 2.76 bits per heavy atom. The Labute approximate surface area is 102 Å². The van der Waals surface area contributed by atoms with Crippen LogP contribution < -0.4 is 0 Å². The van der Waals surface area contributed by atoms with E-state index in [9.17, 15) is 4.79 Å². The van der Waals surface area contributed by atoms with Crippen molar-refractivity contribution < 1.29 is 9.53 Å². The minimum Gasteiger partial charge on any atom is -0.380 e. The standard InChI is InChI=1S/C14H19NO2/c1-2-17-10-9-15-11-13-6-4-3-5-12(13)7-8-14(15)16/h3-6H,2,7-11H2,1H3. The second kappa shape index (κ2) is 5.82. The quantitative estimate of drug-likeness (QED) is 0.744. The molecule has 0 fully saturated rings. The molecule has 2 rings (SSSR count). The van der Waals surface area contributed by atoms with E-state index in [1.807, 2.05) is 24.0 Å². The average molecular weight is 233 g/mol. The highest BCUT2D eigenvalue weighted by Gasteiger charge is 2.19. The smallest absolute Gasteiger partial charge is 0.223 e. The van der Waals surface area contributed by atoms with Crippen LogP contribution in [0.25, 0.3) is 0 Å². The molecule has 17 heavy (non-hydrogen) atoms. The van der Waals surface area contributed by atoms with Crippen molar-refractivity contribution in [1.29, 1.82) is 0 Å². The molecule has 1 aliphatic rings. The van der Waals surface area contributed by atoms with Crippen LogP contribution in [0.1, 0.15) is 24.5 Å². The number of benzene rings is 1. The van der Waals surface area contributed by atoms with Crippen LogP contribution in [0.4, 0.5) is 0 Å². The molecule has 0 saturated carbocycles.